The molecule has 1 fully saturated rings. The molecule has 0 radical (unpaired) electrons. The largest absolute Gasteiger partial charge is 0.355 e. The Morgan fingerprint density at radius 1 is 1.03 bits per heavy atom. The smallest absolute Gasteiger partial charge is 0.248 e. The van der Waals surface area contributed by atoms with Crippen LogP contribution in [0.5, 0.6) is 0 Å². The fourth-order valence-corrected chi connectivity index (χ4v) is 6.85. The second-order valence-corrected chi connectivity index (χ2v) is 11.9. The van der Waals surface area contributed by atoms with Crippen molar-refractivity contribution in [2.75, 3.05) is 25.0 Å². The standard InChI is InChI=1S/C29H35N3O4S/c1-19-9-11-25(12-10-19)31(6)29(33)24-8-7-15-32(18-24)37(34,35)28-23(5)30-36-27(28)14-13-26-21(3)16-20(2)17-22(26)4/h9-14,16-17,24H,7-8,15,18H2,1-6H3/b14-13+/t24-/m1/s1. The molecule has 1 aromatic heterocycles. The molecule has 8 heteroatoms. The number of aryl methyl sites for hydroxylation is 5. The van der Waals surface area contributed by atoms with Gasteiger partial charge in [0.15, 0.2) is 10.7 Å². The number of nitrogens with zero attached hydrogens (tertiary/aromatic N) is 3. The van der Waals surface area contributed by atoms with Gasteiger partial charge in [-0.05, 0) is 82.4 Å². The average molecular weight is 522 g/mol. The Labute approximate surface area is 219 Å². The molecule has 2 heterocycles. The Morgan fingerprint density at radius 3 is 2.32 bits per heavy atom. The number of piperidine rings is 1. The lowest BCUT2D eigenvalue weighted by atomic mass is 9.98. The van der Waals surface area contributed by atoms with Crippen LogP contribution in [0.15, 0.2) is 45.8 Å². The van der Waals surface area contributed by atoms with Gasteiger partial charge in [-0.3, -0.25) is 4.79 Å². The Bertz CT molecular complexity index is 1420. The lowest BCUT2D eigenvalue weighted by Crippen LogP contribution is -2.46. The SMILES string of the molecule is Cc1ccc(N(C)C(=O)[C@@H]2CCCN(S(=O)(=O)c3c(C)noc3/C=C/c3c(C)cc(C)cc3C)C2)cc1. The highest BCUT2D eigenvalue weighted by atomic mass is 32.2. The second kappa shape index (κ2) is 10.6. The van der Waals surface area contributed by atoms with Gasteiger partial charge < -0.3 is 9.42 Å². The van der Waals surface area contributed by atoms with Gasteiger partial charge in [0.05, 0.1) is 5.92 Å². The number of sulfonamides is 1. The van der Waals surface area contributed by atoms with Crippen LogP contribution < -0.4 is 4.90 Å². The van der Waals surface area contributed by atoms with Crippen molar-refractivity contribution < 1.29 is 17.7 Å². The van der Waals surface area contributed by atoms with Crippen molar-refractivity contribution in [2.45, 2.75) is 52.4 Å². The van der Waals surface area contributed by atoms with Gasteiger partial charge in [0, 0.05) is 25.8 Å². The molecule has 0 unspecified atom stereocenters. The fraction of sp³-hybridized carbons (Fsp3) is 0.379. The zero-order valence-corrected chi connectivity index (χ0v) is 23.2. The molecule has 37 heavy (non-hydrogen) atoms. The van der Waals surface area contributed by atoms with Gasteiger partial charge >= 0.3 is 0 Å². The fourth-order valence-electron chi connectivity index (χ4n) is 5.07. The summed E-state index contributed by atoms with van der Waals surface area (Å²) in [6, 6.07) is 11.9. The number of hydrogen-bond donors (Lipinski definition) is 0. The number of carbonyl (C=O) groups excluding carboxylic acids is 1. The number of anilines is 1. The molecule has 1 saturated heterocycles. The quantitative estimate of drug-likeness (QED) is 0.431. The summed E-state index contributed by atoms with van der Waals surface area (Å²) in [5.41, 5.74) is 6.61. The van der Waals surface area contributed by atoms with Crippen LogP contribution in [0.4, 0.5) is 5.69 Å². The minimum atomic E-state index is -3.92. The zero-order valence-electron chi connectivity index (χ0n) is 22.4. The summed E-state index contributed by atoms with van der Waals surface area (Å²) < 4.78 is 34.4. The van der Waals surface area contributed by atoms with E-state index in [1.54, 1.807) is 24.9 Å². The zero-order chi connectivity index (χ0) is 26.9. The topological polar surface area (TPSA) is 83.7 Å². The highest BCUT2D eigenvalue weighted by Gasteiger charge is 2.37. The molecule has 1 atom stereocenters. The van der Waals surface area contributed by atoms with Crippen molar-refractivity contribution in [3.63, 3.8) is 0 Å². The van der Waals surface area contributed by atoms with Crippen LogP contribution in [0.2, 0.25) is 0 Å². The summed E-state index contributed by atoms with van der Waals surface area (Å²) in [4.78, 5) is 15.0. The van der Waals surface area contributed by atoms with Crippen LogP contribution in [0.3, 0.4) is 0 Å². The highest BCUT2D eigenvalue weighted by molar-refractivity contribution is 7.89. The van der Waals surface area contributed by atoms with Gasteiger partial charge in [0.25, 0.3) is 0 Å². The Kier molecular flexibility index (Phi) is 7.71. The van der Waals surface area contributed by atoms with Crippen LogP contribution in [-0.2, 0) is 14.8 Å². The van der Waals surface area contributed by atoms with E-state index in [4.69, 9.17) is 4.52 Å². The van der Waals surface area contributed by atoms with Gasteiger partial charge in [-0.2, -0.15) is 4.31 Å². The summed E-state index contributed by atoms with van der Waals surface area (Å²) >= 11 is 0. The van der Waals surface area contributed by atoms with Gasteiger partial charge in [0.1, 0.15) is 5.69 Å². The molecule has 196 valence electrons. The monoisotopic (exact) mass is 521 g/mol. The average Bonchev–Trinajstić information content (AvgIpc) is 3.24. The molecule has 2 aromatic carbocycles. The molecule has 7 nitrogen and oxygen atoms in total. The van der Waals surface area contributed by atoms with E-state index in [-0.39, 0.29) is 23.1 Å². The molecule has 0 bridgehead atoms. The molecular weight excluding hydrogens is 486 g/mol. The Morgan fingerprint density at radius 2 is 1.68 bits per heavy atom. The first-order valence-electron chi connectivity index (χ1n) is 12.6. The number of carbonyl (C=O) groups is 1. The molecule has 0 saturated carbocycles. The lowest BCUT2D eigenvalue weighted by Gasteiger charge is -2.33. The van der Waals surface area contributed by atoms with E-state index in [9.17, 15) is 13.2 Å². The van der Waals surface area contributed by atoms with Crippen LogP contribution >= 0.6 is 0 Å². The molecule has 0 aliphatic carbocycles. The summed E-state index contributed by atoms with van der Waals surface area (Å²) in [7, 11) is -2.18. The molecule has 3 aromatic rings. The van der Waals surface area contributed by atoms with E-state index in [1.165, 1.54) is 9.87 Å². The predicted octanol–water partition coefficient (Wildman–Crippen LogP) is 5.45. The summed E-state index contributed by atoms with van der Waals surface area (Å²) in [6.45, 7) is 10.2. The Balaban J connectivity index is 1.58. The maximum atomic E-state index is 13.8. The number of amides is 1. The second-order valence-electron chi connectivity index (χ2n) is 10.0. The number of rotatable bonds is 6. The first-order valence-corrected chi connectivity index (χ1v) is 14.0. The number of aromatic nitrogens is 1. The number of hydrogen-bond acceptors (Lipinski definition) is 5. The molecular formula is C29H35N3O4S. The van der Waals surface area contributed by atoms with Crippen molar-refractivity contribution in [3.05, 3.63) is 75.7 Å². The molecule has 1 amide bonds. The summed E-state index contributed by atoms with van der Waals surface area (Å²) in [6.07, 6.45) is 4.80. The Hall–Kier alpha value is -3.23. The molecule has 1 aliphatic heterocycles. The van der Waals surface area contributed by atoms with E-state index < -0.39 is 15.9 Å². The van der Waals surface area contributed by atoms with Crippen LogP contribution in [0.25, 0.3) is 12.2 Å². The van der Waals surface area contributed by atoms with E-state index in [0.29, 0.717) is 25.1 Å². The number of benzene rings is 2. The molecule has 0 spiro atoms. The third-order valence-corrected chi connectivity index (χ3v) is 9.08. The minimum absolute atomic E-state index is 0.0613. The minimum Gasteiger partial charge on any atom is -0.355 e. The van der Waals surface area contributed by atoms with Gasteiger partial charge in [-0.15, -0.1) is 0 Å². The first-order chi connectivity index (χ1) is 17.5. The van der Waals surface area contributed by atoms with Gasteiger partial charge in [-0.25, -0.2) is 8.42 Å². The maximum Gasteiger partial charge on any atom is 0.248 e. The van der Waals surface area contributed by atoms with Crippen molar-refractivity contribution >= 4 is 33.8 Å². The van der Waals surface area contributed by atoms with Crippen LogP contribution in [0.1, 0.15) is 52.1 Å². The molecule has 1 aliphatic rings. The van der Waals surface area contributed by atoms with Crippen molar-refractivity contribution in [2.24, 2.45) is 5.92 Å². The van der Waals surface area contributed by atoms with Crippen molar-refractivity contribution in [1.82, 2.24) is 9.46 Å². The summed E-state index contributed by atoms with van der Waals surface area (Å²) in [5.74, 6) is -0.315. The van der Waals surface area contributed by atoms with Crippen molar-refractivity contribution in [3.8, 4) is 0 Å². The first kappa shape index (κ1) is 26.8. The van der Waals surface area contributed by atoms with Gasteiger partial charge in [-0.1, -0.05) is 46.6 Å². The molecule has 0 N–H and O–H groups in total. The third-order valence-electron chi connectivity index (χ3n) is 7.06. The van der Waals surface area contributed by atoms with E-state index >= 15 is 0 Å². The molecule has 4 rings (SSSR count). The normalized spacial score (nSPS) is 16.9. The lowest BCUT2D eigenvalue weighted by molar-refractivity contribution is -0.123. The van der Waals surface area contributed by atoms with Crippen LogP contribution in [-0.4, -0.2) is 43.9 Å². The third kappa shape index (κ3) is 5.55. The summed E-state index contributed by atoms with van der Waals surface area (Å²) in [5, 5.41) is 3.97. The van der Waals surface area contributed by atoms with E-state index in [2.05, 4.69) is 17.3 Å². The highest BCUT2D eigenvalue weighted by Crippen LogP contribution is 2.31. The van der Waals surface area contributed by atoms with Crippen molar-refractivity contribution in [1.29, 1.82) is 0 Å². The van der Waals surface area contributed by atoms with E-state index in [0.717, 1.165) is 27.9 Å². The maximum absolute atomic E-state index is 13.8. The predicted molar refractivity (Wildman–Crippen MR) is 147 cm³/mol. The van der Waals surface area contributed by atoms with Gasteiger partial charge in [0.2, 0.25) is 15.9 Å². The van der Waals surface area contributed by atoms with Crippen LogP contribution in [0, 0.1) is 40.5 Å². The van der Waals surface area contributed by atoms with E-state index in [1.807, 2.05) is 58.0 Å².